The standard InChI is InChI=1S/C10H8ClNO3/c1-15-10-6(11)3-2-5-7(13)4-8(14)12-9(5)10/h2-4H,1H3,(H2,12,13,14). The first-order valence-electron chi connectivity index (χ1n) is 4.22. The van der Waals surface area contributed by atoms with Crippen LogP contribution in [0.15, 0.2) is 23.0 Å². The second kappa shape index (κ2) is 3.47. The number of rotatable bonds is 1. The fourth-order valence-electron chi connectivity index (χ4n) is 1.46. The molecular formula is C10H8ClNO3. The Kier molecular flexibility index (Phi) is 2.28. The molecule has 78 valence electrons. The van der Waals surface area contributed by atoms with E-state index in [1.807, 2.05) is 0 Å². The summed E-state index contributed by atoms with van der Waals surface area (Å²) >= 11 is 5.88. The molecule has 1 heterocycles. The molecule has 0 amide bonds. The summed E-state index contributed by atoms with van der Waals surface area (Å²) in [5, 5.41) is 10.4. The second-order valence-electron chi connectivity index (χ2n) is 3.02. The van der Waals surface area contributed by atoms with Gasteiger partial charge >= 0.3 is 0 Å². The summed E-state index contributed by atoms with van der Waals surface area (Å²) in [7, 11) is 1.45. The SMILES string of the molecule is COc1c(Cl)ccc2c(O)cc(=O)[nH]c12. The Bertz CT molecular complexity index is 577. The van der Waals surface area contributed by atoms with Crippen LogP contribution in [0, 0.1) is 0 Å². The number of hydrogen-bond acceptors (Lipinski definition) is 3. The van der Waals surface area contributed by atoms with Crippen LogP contribution in [0.3, 0.4) is 0 Å². The van der Waals surface area contributed by atoms with Gasteiger partial charge in [-0.2, -0.15) is 0 Å². The molecular weight excluding hydrogens is 218 g/mol. The quantitative estimate of drug-likeness (QED) is 0.779. The number of aromatic hydroxyl groups is 1. The Balaban J connectivity index is 2.97. The third-order valence-electron chi connectivity index (χ3n) is 2.11. The number of hydrogen-bond donors (Lipinski definition) is 2. The summed E-state index contributed by atoms with van der Waals surface area (Å²) in [6, 6.07) is 4.32. The van der Waals surface area contributed by atoms with E-state index in [9.17, 15) is 9.90 Å². The van der Waals surface area contributed by atoms with E-state index in [1.54, 1.807) is 12.1 Å². The van der Waals surface area contributed by atoms with E-state index in [4.69, 9.17) is 16.3 Å². The Morgan fingerprint density at radius 3 is 2.87 bits per heavy atom. The molecule has 0 fully saturated rings. The van der Waals surface area contributed by atoms with Gasteiger partial charge in [0.25, 0.3) is 5.56 Å². The number of benzene rings is 1. The van der Waals surface area contributed by atoms with Gasteiger partial charge in [-0.15, -0.1) is 0 Å². The molecule has 0 spiro atoms. The fraction of sp³-hybridized carbons (Fsp3) is 0.100. The Hall–Kier alpha value is -1.68. The molecule has 15 heavy (non-hydrogen) atoms. The summed E-state index contributed by atoms with van der Waals surface area (Å²) in [5.74, 6) is 0.255. The summed E-state index contributed by atoms with van der Waals surface area (Å²) < 4.78 is 5.06. The highest BCUT2D eigenvalue weighted by molar-refractivity contribution is 6.33. The van der Waals surface area contributed by atoms with Gasteiger partial charge in [0.1, 0.15) is 5.75 Å². The largest absolute Gasteiger partial charge is 0.507 e. The van der Waals surface area contributed by atoms with E-state index in [2.05, 4.69) is 4.98 Å². The number of fused-ring (bicyclic) bond motifs is 1. The number of halogens is 1. The molecule has 0 aliphatic carbocycles. The smallest absolute Gasteiger partial charge is 0.252 e. The van der Waals surface area contributed by atoms with Crippen LogP contribution in [0.5, 0.6) is 11.5 Å². The maximum atomic E-state index is 11.2. The molecule has 4 nitrogen and oxygen atoms in total. The number of aromatic amines is 1. The van der Waals surface area contributed by atoms with Crippen molar-refractivity contribution in [2.24, 2.45) is 0 Å². The zero-order chi connectivity index (χ0) is 11.0. The van der Waals surface area contributed by atoms with Crippen molar-refractivity contribution in [1.82, 2.24) is 4.98 Å². The van der Waals surface area contributed by atoms with Gasteiger partial charge in [0, 0.05) is 11.5 Å². The van der Waals surface area contributed by atoms with Crippen LogP contribution in [0.25, 0.3) is 10.9 Å². The summed E-state index contributed by atoms with van der Waals surface area (Å²) in [6.45, 7) is 0. The lowest BCUT2D eigenvalue weighted by Gasteiger charge is -2.07. The normalized spacial score (nSPS) is 10.5. The topological polar surface area (TPSA) is 62.3 Å². The van der Waals surface area contributed by atoms with Crippen molar-refractivity contribution in [3.63, 3.8) is 0 Å². The predicted molar refractivity (Wildman–Crippen MR) is 57.8 cm³/mol. The van der Waals surface area contributed by atoms with Crippen LogP contribution in [0.2, 0.25) is 5.02 Å². The van der Waals surface area contributed by atoms with Crippen molar-refractivity contribution >= 4 is 22.5 Å². The molecule has 2 rings (SSSR count). The first-order valence-corrected chi connectivity index (χ1v) is 4.60. The molecule has 0 saturated heterocycles. The summed E-state index contributed by atoms with van der Waals surface area (Å²) in [5.41, 5.74) is -0.00410. The lowest BCUT2D eigenvalue weighted by atomic mass is 10.2. The fourth-order valence-corrected chi connectivity index (χ4v) is 1.69. The highest BCUT2D eigenvalue weighted by Crippen LogP contribution is 2.34. The number of nitrogens with one attached hydrogen (secondary N) is 1. The Morgan fingerprint density at radius 1 is 1.47 bits per heavy atom. The van der Waals surface area contributed by atoms with Crippen molar-refractivity contribution in [3.8, 4) is 11.5 Å². The van der Waals surface area contributed by atoms with E-state index in [0.29, 0.717) is 21.7 Å². The molecule has 1 aromatic carbocycles. The molecule has 2 N–H and O–H groups in total. The molecule has 2 aromatic rings. The molecule has 0 aliphatic rings. The van der Waals surface area contributed by atoms with Gasteiger partial charge in [-0.05, 0) is 12.1 Å². The van der Waals surface area contributed by atoms with Crippen molar-refractivity contribution in [3.05, 3.63) is 33.6 Å². The average Bonchev–Trinajstić information content (AvgIpc) is 2.17. The van der Waals surface area contributed by atoms with E-state index >= 15 is 0 Å². The van der Waals surface area contributed by atoms with E-state index in [1.165, 1.54) is 7.11 Å². The zero-order valence-corrected chi connectivity index (χ0v) is 8.63. The molecule has 1 aromatic heterocycles. The van der Waals surface area contributed by atoms with E-state index in [-0.39, 0.29) is 5.75 Å². The van der Waals surface area contributed by atoms with Gasteiger partial charge in [0.05, 0.1) is 17.6 Å². The molecule has 0 atom stereocenters. The van der Waals surface area contributed by atoms with Crippen molar-refractivity contribution in [1.29, 1.82) is 0 Å². The third kappa shape index (κ3) is 1.53. The van der Waals surface area contributed by atoms with Crippen molar-refractivity contribution in [2.45, 2.75) is 0 Å². The van der Waals surface area contributed by atoms with Gasteiger partial charge in [0.2, 0.25) is 0 Å². The number of H-pyrrole nitrogens is 1. The minimum absolute atomic E-state index is 0.0938. The lowest BCUT2D eigenvalue weighted by molar-refractivity contribution is 0.418. The molecule has 0 aliphatic heterocycles. The molecule has 0 unspecified atom stereocenters. The molecule has 0 radical (unpaired) electrons. The van der Waals surface area contributed by atoms with Crippen molar-refractivity contribution in [2.75, 3.05) is 7.11 Å². The van der Waals surface area contributed by atoms with Crippen LogP contribution in [0.1, 0.15) is 0 Å². The summed E-state index contributed by atoms with van der Waals surface area (Å²) in [6.07, 6.45) is 0. The average molecular weight is 226 g/mol. The first-order chi connectivity index (χ1) is 7.13. The first kappa shape index (κ1) is 9.86. The Morgan fingerprint density at radius 2 is 2.20 bits per heavy atom. The summed E-state index contributed by atoms with van der Waals surface area (Å²) in [4.78, 5) is 13.7. The number of pyridine rings is 1. The third-order valence-corrected chi connectivity index (χ3v) is 2.40. The van der Waals surface area contributed by atoms with Gasteiger partial charge in [-0.25, -0.2) is 0 Å². The number of ether oxygens (including phenoxy) is 1. The number of aromatic nitrogens is 1. The van der Waals surface area contributed by atoms with Gasteiger partial charge in [0.15, 0.2) is 5.75 Å². The monoisotopic (exact) mass is 225 g/mol. The zero-order valence-electron chi connectivity index (χ0n) is 7.87. The molecule has 5 heteroatoms. The molecule has 0 bridgehead atoms. The molecule has 0 saturated carbocycles. The lowest BCUT2D eigenvalue weighted by Crippen LogP contribution is -2.04. The maximum Gasteiger partial charge on any atom is 0.252 e. The maximum absolute atomic E-state index is 11.2. The Labute approximate surface area is 90.1 Å². The number of methoxy groups -OCH3 is 1. The van der Waals surface area contributed by atoms with Crippen LogP contribution < -0.4 is 10.3 Å². The second-order valence-corrected chi connectivity index (χ2v) is 3.43. The van der Waals surface area contributed by atoms with Gasteiger partial charge in [-0.1, -0.05) is 11.6 Å². The minimum Gasteiger partial charge on any atom is -0.507 e. The van der Waals surface area contributed by atoms with Crippen molar-refractivity contribution < 1.29 is 9.84 Å². The van der Waals surface area contributed by atoms with Crippen LogP contribution in [0.4, 0.5) is 0 Å². The highest BCUT2D eigenvalue weighted by atomic mass is 35.5. The van der Waals surface area contributed by atoms with Crippen LogP contribution in [-0.4, -0.2) is 17.2 Å². The predicted octanol–water partition coefficient (Wildman–Crippen LogP) is 1.90. The van der Waals surface area contributed by atoms with Crippen LogP contribution >= 0.6 is 11.6 Å². The van der Waals surface area contributed by atoms with Gasteiger partial charge in [-0.3, -0.25) is 4.79 Å². The minimum atomic E-state index is -0.402. The van der Waals surface area contributed by atoms with E-state index < -0.39 is 5.56 Å². The van der Waals surface area contributed by atoms with E-state index in [0.717, 1.165) is 6.07 Å². The highest BCUT2D eigenvalue weighted by Gasteiger charge is 2.10. The van der Waals surface area contributed by atoms with Crippen LogP contribution in [-0.2, 0) is 0 Å². The van der Waals surface area contributed by atoms with Gasteiger partial charge < -0.3 is 14.8 Å².